The van der Waals surface area contributed by atoms with Crippen molar-refractivity contribution in [3.05, 3.63) is 40.7 Å². The highest BCUT2D eigenvalue weighted by atomic mass is 35.5. The van der Waals surface area contributed by atoms with Gasteiger partial charge in [0.25, 0.3) is 0 Å². The summed E-state index contributed by atoms with van der Waals surface area (Å²) in [5.41, 5.74) is 0.613. The number of carbonyl (C=O) groups excluding carboxylic acids is 2. The van der Waals surface area contributed by atoms with Crippen LogP contribution in [0.25, 0.3) is 5.52 Å². The molecule has 0 radical (unpaired) electrons. The van der Waals surface area contributed by atoms with Gasteiger partial charge in [-0.3, -0.25) is 0 Å². The predicted octanol–water partition coefficient (Wildman–Crippen LogP) is 2.17. The first kappa shape index (κ1) is 12.4. The summed E-state index contributed by atoms with van der Waals surface area (Å²) in [5.74, 6) is -1.31. The minimum Gasteiger partial charge on any atom is -0.465 e. The summed E-state index contributed by atoms with van der Waals surface area (Å²) >= 11 is 6.09. The van der Waals surface area contributed by atoms with Gasteiger partial charge in [-0.25, -0.2) is 9.59 Å². The summed E-state index contributed by atoms with van der Waals surface area (Å²) in [6.07, 6.45) is 1.65. The molecule has 0 aliphatic rings. The van der Waals surface area contributed by atoms with Gasteiger partial charge < -0.3 is 13.9 Å². The zero-order valence-corrected chi connectivity index (χ0v) is 10.5. The average Bonchev–Trinajstić information content (AvgIpc) is 2.71. The maximum Gasteiger partial charge on any atom is 0.341 e. The number of ether oxygens (including phenoxy) is 2. The summed E-state index contributed by atoms with van der Waals surface area (Å²) < 4.78 is 10.8. The number of esters is 2. The van der Waals surface area contributed by atoms with E-state index < -0.39 is 11.9 Å². The molecule has 2 aromatic heterocycles. The lowest BCUT2D eigenvalue weighted by Crippen LogP contribution is -2.09. The second-order valence-corrected chi connectivity index (χ2v) is 3.84. The lowest BCUT2D eigenvalue weighted by molar-refractivity contribution is 0.0558. The van der Waals surface area contributed by atoms with Crippen LogP contribution in [0.5, 0.6) is 0 Å². The molecular weight excluding hydrogens is 258 g/mol. The van der Waals surface area contributed by atoms with Gasteiger partial charge in [-0.1, -0.05) is 17.7 Å². The van der Waals surface area contributed by atoms with E-state index in [0.717, 1.165) is 0 Å². The SMILES string of the molecule is COC(=O)c1c(C(=O)OC)c2ccccn2c1Cl. The van der Waals surface area contributed by atoms with E-state index in [0.29, 0.717) is 5.52 Å². The van der Waals surface area contributed by atoms with Gasteiger partial charge in [-0.2, -0.15) is 0 Å². The number of hydrogen-bond donors (Lipinski definition) is 0. The number of aromatic nitrogens is 1. The number of fused-ring (bicyclic) bond motifs is 1. The molecular formula is C12H10ClNO4. The van der Waals surface area contributed by atoms with Gasteiger partial charge >= 0.3 is 11.9 Å². The largest absolute Gasteiger partial charge is 0.465 e. The van der Waals surface area contributed by atoms with Crippen molar-refractivity contribution in [1.82, 2.24) is 4.40 Å². The summed E-state index contributed by atoms with van der Waals surface area (Å²) in [7, 11) is 2.46. The number of halogens is 1. The molecule has 0 N–H and O–H groups in total. The number of rotatable bonds is 2. The van der Waals surface area contributed by atoms with E-state index in [4.69, 9.17) is 11.6 Å². The van der Waals surface area contributed by atoms with Crippen LogP contribution in [0.1, 0.15) is 20.7 Å². The maximum absolute atomic E-state index is 11.8. The van der Waals surface area contributed by atoms with Crippen LogP contribution in [0, 0.1) is 0 Å². The van der Waals surface area contributed by atoms with Crippen molar-refractivity contribution in [3.63, 3.8) is 0 Å². The molecule has 2 heterocycles. The molecule has 0 aromatic carbocycles. The first-order valence-electron chi connectivity index (χ1n) is 5.07. The molecule has 0 fully saturated rings. The summed E-state index contributed by atoms with van der Waals surface area (Å²) in [6.45, 7) is 0. The van der Waals surface area contributed by atoms with E-state index in [2.05, 4.69) is 9.47 Å². The molecule has 0 amide bonds. The fraction of sp³-hybridized carbons (Fsp3) is 0.167. The Bertz CT molecular complexity index is 632. The van der Waals surface area contributed by atoms with Crippen molar-refractivity contribution >= 4 is 29.1 Å². The highest BCUT2D eigenvalue weighted by molar-refractivity contribution is 6.34. The van der Waals surface area contributed by atoms with Crippen molar-refractivity contribution in [3.8, 4) is 0 Å². The molecule has 0 aliphatic carbocycles. The minimum atomic E-state index is -0.677. The highest BCUT2D eigenvalue weighted by Crippen LogP contribution is 2.28. The van der Waals surface area contributed by atoms with E-state index in [1.807, 2.05) is 0 Å². The van der Waals surface area contributed by atoms with Gasteiger partial charge in [-0.05, 0) is 12.1 Å². The minimum absolute atomic E-state index is 0.0113. The van der Waals surface area contributed by atoms with Crippen LogP contribution in [0.4, 0.5) is 0 Å². The number of carbonyl (C=O) groups is 2. The van der Waals surface area contributed by atoms with Crippen LogP contribution in [0.15, 0.2) is 24.4 Å². The third kappa shape index (κ3) is 1.73. The molecule has 2 aromatic rings. The van der Waals surface area contributed by atoms with E-state index >= 15 is 0 Å². The lowest BCUT2D eigenvalue weighted by atomic mass is 10.1. The summed E-state index contributed by atoms with van der Waals surface area (Å²) in [5, 5.41) is 0.123. The van der Waals surface area contributed by atoms with Crippen LogP contribution in [0.3, 0.4) is 0 Å². The molecule has 0 unspecified atom stereocenters. The number of methoxy groups -OCH3 is 2. The molecule has 0 bridgehead atoms. The quantitative estimate of drug-likeness (QED) is 0.783. The topological polar surface area (TPSA) is 57.0 Å². The Balaban J connectivity index is 2.85. The molecule has 18 heavy (non-hydrogen) atoms. The first-order valence-corrected chi connectivity index (χ1v) is 5.44. The van der Waals surface area contributed by atoms with Gasteiger partial charge in [0.1, 0.15) is 16.3 Å². The van der Waals surface area contributed by atoms with Gasteiger partial charge in [0.2, 0.25) is 0 Å². The van der Waals surface area contributed by atoms with Crippen molar-refractivity contribution in [2.45, 2.75) is 0 Å². The number of hydrogen-bond acceptors (Lipinski definition) is 4. The average molecular weight is 268 g/mol. The van der Waals surface area contributed by atoms with Crippen LogP contribution in [-0.2, 0) is 9.47 Å². The van der Waals surface area contributed by atoms with Crippen molar-refractivity contribution in [2.75, 3.05) is 14.2 Å². The Hall–Kier alpha value is -2.01. The van der Waals surface area contributed by atoms with E-state index in [1.165, 1.54) is 18.6 Å². The molecule has 94 valence electrons. The fourth-order valence-corrected chi connectivity index (χ4v) is 2.09. The third-order valence-corrected chi connectivity index (χ3v) is 2.93. The lowest BCUT2D eigenvalue weighted by Gasteiger charge is -2.01. The van der Waals surface area contributed by atoms with Crippen molar-refractivity contribution in [1.29, 1.82) is 0 Å². The predicted molar refractivity (Wildman–Crippen MR) is 65.1 cm³/mol. The zero-order chi connectivity index (χ0) is 13.3. The van der Waals surface area contributed by atoms with E-state index in [-0.39, 0.29) is 16.3 Å². The number of pyridine rings is 1. The standard InChI is InChI=1S/C12H10ClNO4/c1-17-11(15)8-7-5-3-4-6-14(7)10(13)9(8)12(16)18-2/h3-6H,1-2H3. The molecule has 0 saturated carbocycles. The smallest absolute Gasteiger partial charge is 0.341 e. The van der Waals surface area contributed by atoms with Gasteiger partial charge in [0.15, 0.2) is 0 Å². The Morgan fingerprint density at radius 2 is 1.72 bits per heavy atom. The normalized spacial score (nSPS) is 10.4. The molecule has 0 aliphatic heterocycles. The maximum atomic E-state index is 11.8. The van der Waals surface area contributed by atoms with E-state index in [1.54, 1.807) is 24.4 Å². The van der Waals surface area contributed by atoms with Crippen LogP contribution >= 0.6 is 11.6 Å². The Labute approximate surface area is 108 Å². The zero-order valence-electron chi connectivity index (χ0n) is 9.77. The number of nitrogens with zero attached hydrogens (tertiary/aromatic N) is 1. The Morgan fingerprint density at radius 3 is 2.33 bits per heavy atom. The van der Waals surface area contributed by atoms with Gasteiger partial charge in [-0.15, -0.1) is 0 Å². The second kappa shape index (κ2) is 4.70. The highest BCUT2D eigenvalue weighted by Gasteiger charge is 2.28. The molecule has 6 heteroatoms. The second-order valence-electron chi connectivity index (χ2n) is 3.48. The molecule has 2 rings (SSSR count). The third-order valence-electron chi connectivity index (χ3n) is 2.56. The van der Waals surface area contributed by atoms with Crippen LogP contribution < -0.4 is 0 Å². The Kier molecular flexibility index (Phi) is 3.25. The molecule has 5 nitrogen and oxygen atoms in total. The van der Waals surface area contributed by atoms with Gasteiger partial charge in [0, 0.05) is 6.20 Å². The van der Waals surface area contributed by atoms with Crippen molar-refractivity contribution in [2.24, 2.45) is 0 Å². The van der Waals surface area contributed by atoms with Crippen molar-refractivity contribution < 1.29 is 19.1 Å². The molecule has 0 spiro atoms. The Morgan fingerprint density at radius 1 is 1.11 bits per heavy atom. The molecule has 0 atom stereocenters. The monoisotopic (exact) mass is 267 g/mol. The fourth-order valence-electron chi connectivity index (χ4n) is 1.77. The summed E-state index contributed by atoms with van der Waals surface area (Å²) in [4.78, 5) is 23.5. The van der Waals surface area contributed by atoms with Crippen LogP contribution in [-0.4, -0.2) is 30.6 Å². The van der Waals surface area contributed by atoms with E-state index in [9.17, 15) is 9.59 Å². The first-order chi connectivity index (χ1) is 8.61. The van der Waals surface area contributed by atoms with Gasteiger partial charge in [0.05, 0.1) is 19.7 Å². The van der Waals surface area contributed by atoms with Crippen LogP contribution in [0.2, 0.25) is 5.15 Å². The molecule has 0 saturated heterocycles. The summed E-state index contributed by atoms with van der Waals surface area (Å²) in [6, 6.07) is 5.14.